The van der Waals surface area contributed by atoms with E-state index in [4.69, 9.17) is 10.00 Å². The summed E-state index contributed by atoms with van der Waals surface area (Å²) in [7, 11) is 0. The molecule has 146 valence electrons. The summed E-state index contributed by atoms with van der Waals surface area (Å²) < 4.78 is 6.05. The second-order valence-corrected chi connectivity index (χ2v) is 8.50. The fraction of sp³-hybridized carbons (Fsp3) is 0.409. The molecule has 3 rings (SSSR count). The highest BCUT2D eigenvalue weighted by molar-refractivity contribution is 5.65. The molecule has 1 atom stereocenters. The van der Waals surface area contributed by atoms with Crippen molar-refractivity contribution in [2.24, 2.45) is 10.8 Å². The Bertz CT molecular complexity index is 890. The minimum Gasteiger partial charge on any atom is -0.491 e. The Kier molecular flexibility index (Phi) is 5.28. The van der Waals surface area contributed by atoms with E-state index in [0.29, 0.717) is 17.9 Å². The van der Waals surface area contributed by atoms with Gasteiger partial charge in [-0.25, -0.2) is 4.79 Å². The zero-order chi connectivity index (χ0) is 20.4. The summed E-state index contributed by atoms with van der Waals surface area (Å²) in [5.74, 6) is 0.649. The summed E-state index contributed by atoms with van der Waals surface area (Å²) in [6.45, 7) is 6.57. The third-order valence-corrected chi connectivity index (χ3v) is 5.23. The van der Waals surface area contributed by atoms with Gasteiger partial charge in [0, 0.05) is 23.2 Å². The number of pyridine rings is 1. The molecule has 2 aromatic rings. The van der Waals surface area contributed by atoms with Gasteiger partial charge >= 0.3 is 6.09 Å². The highest BCUT2D eigenvalue weighted by atomic mass is 16.5. The lowest BCUT2D eigenvalue weighted by Gasteiger charge is -2.37. The van der Waals surface area contributed by atoms with Gasteiger partial charge in [-0.2, -0.15) is 5.26 Å². The summed E-state index contributed by atoms with van der Waals surface area (Å²) in [4.78, 5) is 15.5. The van der Waals surface area contributed by atoms with Gasteiger partial charge < -0.3 is 15.2 Å². The maximum absolute atomic E-state index is 11.3. The van der Waals surface area contributed by atoms with Crippen LogP contribution in [0.1, 0.15) is 39.2 Å². The lowest BCUT2D eigenvalue weighted by molar-refractivity contribution is 0.111. The molecule has 1 saturated carbocycles. The number of nitriles is 1. The average molecular weight is 379 g/mol. The first-order chi connectivity index (χ1) is 13.2. The van der Waals surface area contributed by atoms with Crippen LogP contribution in [0.3, 0.4) is 0 Å². The number of nitrogens with one attached hydrogen (secondary N) is 1. The van der Waals surface area contributed by atoms with Crippen LogP contribution >= 0.6 is 0 Å². The molecular weight excluding hydrogens is 354 g/mol. The largest absolute Gasteiger partial charge is 0.491 e. The number of hydrogen-bond donors (Lipinski definition) is 2. The van der Waals surface area contributed by atoms with Crippen LogP contribution in [0.2, 0.25) is 0 Å². The van der Waals surface area contributed by atoms with E-state index < -0.39 is 6.09 Å². The SMILES string of the molecule is CC(C)(C)C(NC(=O)O)C1(COc2cncc(-c3ccc(C#N)cc3)c2)CC1. The van der Waals surface area contributed by atoms with Crippen LogP contribution < -0.4 is 10.1 Å². The molecule has 1 amide bonds. The molecular formula is C22H25N3O3. The Balaban J connectivity index is 1.74. The molecule has 6 heteroatoms. The van der Waals surface area contributed by atoms with Gasteiger partial charge in [-0.1, -0.05) is 32.9 Å². The van der Waals surface area contributed by atoms with E-state index in [-0.39, 0.29) is 16.9 Å². The van der Waals surface area contributed by atoms with E-state index in [2.05, 4.69) is 16.4 Å². The van der Waals surface area contributed by atoms with Crippen LogP contribution in [0.15, 0.2) is 42.7 Å². The molecule has 1 aromatic carbocycles. The molecule has 0 saturated heterocycles. The highest BCUT2D eigenvalue weighted by Crippen LogP contribution is 2.53. The van der Waals surface area contributed by atoms with Gasteiger partial charge in [0.05, 0.1) is 24.4 Å². The normalized spacial score (nSPS) is 15.9. The van der Waals surface area contributed by atoms with E-state index >= 15 is 0 Å². The topological polar surface area (TPSA) is 95.2 Å². The third kappa shape index (κ3) is 4.42. The molecule has 28 heavy (non-hydrogen) atoms. The van der Waals surface area contributed by atoms with Crippen molar-refractivity contribution in [3.8, 4) is 22.9 Å². The quantitative estimate of drug-likeness (QED) is 0.772. The van der Waals surface area contributed by atoms with Crippen molar-refractivity contribution in [1.29, 1.82) is 5.26 Å². The lowest BCUT2D eigenvalue weighted by Crippen LogP contribution is -2.51. The van der Waals surface area contributed by atoms with E-state index in [1.165, 1.54) is 0 Å². The molecule has 1 heterocycles. The van der Waals surface area contributed by atoms with Crippen LogP contribution in [0.5, 0.6) is 5.75 Å². The molecule has 0 spiro atoms. The van der Waals surface area contributed by atoms with Crippen molar-refractivity contribution >= 4 is 6.09 Å². The minimum atomic E-state index is -1.00. The molecule has 1 unspecified atom stereocenters. The first-order valence-corrected chi connectivity index (χ1v) is 9.31. The average Bonchev–Trinajstić information content (AvgIpc) is 3.45. The summed E-state index contributed by atoms with van der Waals surface area (Å²) >= 11 is 0. The number of rotatable bonds is 6. The lowest BCUT2D eigenvalue weighted by atomic mass is 9.77. The first-order valence-electron chi connectivity index (χ1n) is 9.31. The van der Waals surface area contributed by atoms with E-state index in [0.717, 1.165) is 24.0 Å². The summed E-state index contributed by atoms with van der Waals surface area (Å²) in [6, 6.07) is 11.1. The van der Waals surface area contributed by atoms with Gasteiger partial charge in [0.25, 0.3) is 0 Å². The molecule has 1 fully saturated rings. The Morgan fingerprint density at radius 2 is 1.96 bits per heavy atom. The van der Waals surface area contributed by atoms with Gasteiger partial charge in [-0.3, -0.25) is 4.98 Å². The van der Waals surface area contributed by atoms with Crippen LogP contribution in [0.25, 0.3) is 11.1 Å². The molecule has 6 nitrogen and oxygen atoms in total. The number of benzene rings is 1. The second-order valence-electron chi connectivity index (χ2n) is 8.50. The predicted molar refractivity (Wildman–Crippen MR) is 106 cm³/mol. The Hall–Kier alpha value is -3.07. The van der Waals surface area contributed by atoms with E-state index in [9.17, 15) is 9.90 Å². The molecule has 1 aliphatic rings. The number of aromatic nitrogens is 1. The van der Waals surface area contributed by atoms with Gasteiger partial charge in [0.1, 0.15) is 5.75 Å². The number of nitrogens with zero attached hydrogens (tertiary/aromatic N) is 2. The fourth-order valence-electron chi connectivity index (χ4n) is 3.71. The highest BCUT2D eigenvalue weighted by Gasteiger charge is 2.54. The molecule has 0 radical (unpaired) electrons. The van der Waals surface area contributed by atoms with Crippen molar-refractivity contribution in [2.45, 2.75) is 39.7 Å². The molecule has 1 aliphatic carbocycles. The summed E-state index contributed by atoms with van der Waals surface area (Å²) in [5.41, 5.74) is 2.07. The minimum absolute atomic E-state index is 0.188. The first kappa shape index (κ1) is 19.7. The zero-order valence-corrected chi connectivity index (χ0v) is 16.4. The van der Waals surface area contributed by atoms with Gasteiger partial charge in [-0.15, -0.1) is 0 Å². The second kappa shape index (κ2) is 7.51. The van der Waals surface area contributed by atoms with Crippen LogP contribution in [-0.4, -0.2) is 28.8 Å². The summed E-state index contributed by atoms with van der Waals surface area (Å²) in [5, 5.41) is 20.9. The molecule has 2 N–H and O–H groups in total. The maximum Gasteiger partial charge on any atom is 0.404 e. The standard InChI is InChI=1S/C22H25N3O3/c1-21(2,3)19(25-20(26)27)22(8-9-22)14-28-18-10-17(12-24-13-18)16-6-4-15(11-23)5-7-16/h4-7,10,12-13,19,25H,8-9,14H2,1-3H3,(H,26,27). The van der Waals surface area contributed by atoms with Crippen LogP contribution in [0, 0.1) is 22.2 Å². The van der Waals surface area contributed by atoms with Crippen molar-refractivity contribution in [3.05, 3.63) is 48.3 Å². The predicted octanol–water partition coefficient (Wildman–Crippen LogP) is 4.46. The van der Waals surface area contributed by atoms with Crippen LogP contribution in [0.4, 0.5) is 4.79 Å². The van der Waals surface area contributed by atoms with Crippen molar-refractivity contribution in [2.75, 3.05) is 6.61 Å². The van der Waals surface area contributed by atoms with E-state index in [1.54, 1.807) is 24.5 Å². The smallest absolute Gasteiger partial charge is 0.404 e. The van der Waals surface area contributed by atoms with Gasteiger partial charge in [-0.05, 0) is 42.0 Å². The number of hydrogen-bond acceptors (Lipinski definition) is 4. The zero-order valence-electron chi connectivity index (χ0n) is 16.4. The Morgan fingerprint density at radius 3 is 2.50 bits per heavy atom. The van der Waals surface area contributed by atoms with Crippen molar-refractivity contribution in [3.63, 3.8) is 0 Å². The monoisotopic (exact) mass is 379 g/mol. The van der Waals surface area contributed by atoms with Crippen molar-refractivity contribution < 1.29 is 14.6 Å². The third-order valence-electron chi connectivity index (χ3n) is 5.23. The Labute approximate surface area is 165 Å². The number of carboxylic acid groups (broad SMARTS) is 1. The van der Waals surface area contributed by atoms with E-state index in [1.807, 2.05) is 39.0 Å². The van der Waals surface area contributed by atoms with Gasteiger partial charge in [0.2, 0.25) is 0 Å². The number of ether oxygens (including phenoxy) is 1. The van der Waals surface area contributed by atoms with Gasteiger partial charge in [0.15, 0.2) is 0 Å². The number of amides is 1. The maximum atomic E-state index is 11.3. The molecule has 0 bridgehead atoms. The summed E-state index contributed by atoms with van der Waals surface area (Å²) in [6.07, 6.45) is 4.27. The Morgan fingerprint density at radius 1 is 1.29 bits per heavy atom. The number of carbonyl (C=O) groups is 1. The van der Waals surface area contributed by atoms with Crippen LogP contribution in [-0.2, 0) is 0 Å². The molecule has 0 aliphatic heterocycles. The van der Waals surface area contributed by atoms with Crippen molar-refractivity contribution in [1.82, 2.24) is 10.3 Å². The fourth-order valence-corrected chi connectivity index (χ4v) is 3.71. The molecule has 1 aromatic heterocycles.